The molecule has 4 aromatic rings. The van der Waals surface area contributed by atoms with Gasteiger partial charge in [-0.1, -0.05) is 59.1 Å². The summed E-state index contributed by atoms with van der Waals surface area (Å²) in [7, 11) is -4.15. The zero-order valence-corrected chi connectivity index (χ0v) is 24.8. The molecule has 0 bridgehead atoms. The number of ether oxygens (including phenoxy) is 1. The van der Waals surface area contributed by atoms with Gasteiger partial charge in [-0.2, -0.15) is 5.10 Å². The van der Waals surface area contributed by atoms with Gasteiger partial charge in [0.05, 0.1) is 21.8 Å². The Hall–Kier alpha value is -4.09. The van der Waals surface area contributed by atoms with Gasteiger partial charge >= 0.3 is 0 Å². The Morgan fingerprint density at radius 2 is 1.55 bits per heavy atom. The number of nitrogens with zero attached hydrogens (tertiary/aromatic N) is 2. The number of hydrazone groups is 1. The lowest BCUT2D eigenvalue weighted by molar-refractivity contribution is -0.119. The smallest absolute Gasteiger partial charge is 0.264 e. The normalized spacial score (nSPS) is 11.2. The van der Waals surface area contributed by atoms with Crippen molar-refractivity contribution in [1.29, 1.82) is 0 Å². The molecular formula is C29H23Cl3N4O5S. The zero-order valence-electron chi connectivity index (χ0n) is 21.7. The minimum absolute atomic E-state index is 0.0171. The predicted octanol–water partition coefficient (Wildman–Crippen LogP) is 6.01. The lowest BCUT2D eigenvalue weighted by Crippen LogP contribution is -2.39. The van der Waals surface area contributed by atoms with Crippen LogP contribution in [0.15, 0.2) is 107 Å². The topological polar surface area (TPSA) is 117 Å². The highest BCUT2D eigenvalue weighted by Gasteiger charge is 2.28. The highest BCUT2D eigenvalue weighted by molar-refractivity contribution is 7.92. The second-order valence-corrected chi connectivity index (χ2v) is 11.8. The summed E-state index contributed by atoms with van der Waals surface area (Å²) in [5.41, 5.74) is 3.58. The molecule has 0 spiro atoms. The molecule has 0 heterocycles. The Balaban J connectivity index is 1.36. The lowest BCUT2D eigenvalue weighted by Gasteiger charge is -2.24. The largest absolute Gasteiger partial charge is 0.484 e. The van der Waals surface area contributed by atoms with Gasteiger partial charge in [-0.25, -0.2) is 13.8 Å². The number of hydrogen-bond donors (Lipinski definition) is 2. The third kappa shape index (κ3) is 8.46. The van der Waals surface area contributed by atoms with E-state index in [1.165, 1.54) is 36.5 Å². The first kappa shape index (κ1) is 30.9. The van der Waals surface area contributed by atoms with Gasteiger partial charge in [0.15, 0.2) is 6.61 Å². The average Bonchev–Trinajstić information content (AvgIpc) is 2.96. The van der Waals surface area contributed by atoms with Crippen molar-refractivity contribution in [1.82, 2.24) is 5.43 Å². The van der Waals surface area contributed by atoms with Crippen LogP contribution in [0.5, 0.6) is 5.75 Å². The van der Waals surface area contributed by atoms with Gasteiger partial charge in [0.1, 0.15) is 12.3 Å². The number of carbonyl (C=O) groups is 2. The van der Waals surface area contributed by atoms with Crippen LogP contribution in [0.1, 0.15) is 5.56 Å². The Bertz CT molecular complexity index is 1700. The van der Waals surface area contributed by atoms with E-state index >= 15 is 0 Å². The van der Waals surface area contributed by atoms with Crippen LogP contribution in [0, 0.1) is 0 Å². The molecule has 0 unspecified atom stereocenters. The number of hydrogen-bond acceptors (Lipinski definition) is 6. The van der Waals surface area contributed by atoms with Crippen molar-refractivity contribution in [3.8, 4) is 5.75 Å². The third-order valence-electron chi connectivity index (χ3n) is 5.56. The summed E-state index contributed by atoms with van der Waals surface area (Å²) in [5, 5.41) is 7.48. The summed E-state index contributed by atoms with van der Waals surface area (Å²) in [6.45, 7) is -0.810. The first-order chi connectivity index (χ1) is 20.1. The fraction of sp³-hybridized carbons (Fsp3) is 0.0690. The van der Waals surface area contributed by atoms with E-state index in [-0.39, 0.29) is 28.1 Å². The van der Waals surface area contributed by atoms with E-state index < -0.39 is 22.5 Å². The number of anilines is 2. The molecule has 9 nitrogen and oxygen atoms in total. The molecule has 0 radical (unpaired) electrons. The van der Waals surface area contributed by atoms with E-state index in [1.807, 2.05) is 0 Å². The Labute approximate surface area is 257 Å². The summed E-state index contributed by atoms with van der Waals surface area (Å²) in [6, 6.07) is 25.3. The van der Waals surface area contributed by atoms with Crippen molar-refractivity contribution >= 4 is 74.2 Å². The van der Waals surface area contributed by atoms with E-state index in [9.17, 15) is 18.0 Å². The molecule has 42 heavy (non-hydrogen) atoms. The average molecular weight is 646 g/mol. The van der Waals surface area contributed by atoms with Crippen molar-refractivity contribution in [3.63, 3.8) is 0 Å². The van der Waals surface area contributed by atoms with E-state index in [1.54, 1.807) is 66.7 Å². The Morgan fingerprint density at radius 3 is 2.24 bits per heavy atom. The van der Waals surface area contributed by atoms with Crippen molar-refractivity contribution in [3.05, 3.63) is 118 Å². The van der Waals surface area contributed by atoms with Gasteiger partial charge in [0.2, 0.25) is 0 Å². The van der Waals surface area contributed by atoms with Gasteiger partial charge < -0.3 is 10.1 Å². The predicted molar refractivity (Wildman–Crippen MR) is 165 cm³/mol. The second kappa shape index (κ2) is 14.2. The third-order valence-corrected chi connectivity index (χ3v) is 8.10. The van der Waals surface area contributed by atoms with Crippen molar-refractivity contribution < 1.29 is 22.7 Å². The zero-order chi connectivity index (χ0) is 30.1. The SMILES string of the molecule is O=C(CN(c1ccc(Cl)cc1Cl)S(=O)(=O)c1ccccc1)N/N=C\c1ccc(OCC(=O)Nc2cccc(Cl)c2)cc1. The summed E-state index contributed by atoms with van der Waals surface area (Å²) < 4.78 is 33.2. The van der Waals surface area contributed by atoms with Gasteiger partial charge in [-0.15, -0.1) is 0 Å². The van der Waals surface area contributed by atoms with E-state index in [0.29, 0.717) is 27.0 Å². The molecule has 0 aliphatic carbocycles. The molecule has 4 aromatic carbocycles. The minimum atomic E-state index is -4.15. The standard InChI is InChI=1S/C29H23Cl3N4O5S/c30-21-5-4-6-23(15-21)34-29(38)19-41-24-12-9-20(10-13-24)17-33-35-28(37)18-36(27-14-11-22(31)16-26(27)32)42(39,40)25-7-2-1-3-8-25/h1-17H,18-19H2,(H,34,38)(H,35,37)/b33-17-. The summed E-state index contributed by atoms with van der Waals surface area (Å²) in [5.74, 6) is -0.615. The van der Waals surface area contributed by atoms with Crippen molar-refractivity contribution in [2.45, 2.75) is 4.90 Å². The van der Waals surface area contributed by atoms with Gasteiger partial charge in [-0.3, -0.25) is 13.9 Å². The highest BCUT2D eigenvalue weighted by atomic mass is 35.5. The Morgan fingerprint density at radius 1 is 0.833 bits per heavy atom. The number of benzene rings is 4. The molecular weight excluding hydrogens is 623 g/mol. The molecule has 0 saturated heterocycles. The number of carbonyl (C=O) groups excluding carboxylic acids is 2. The van der Waals surface area contributed by atoms with Gasteiger partial charge in [-0.05, 0) is 78.4 Å². The molecule has 0 fully saturated rings. The molecule has 4 rings (SSSR count). The van der Waals surface area contributed by atoms with Crippen LogP contribution in [0.2, 0.25) is 15.1 Å². The summed E-state index contributed by atoms with van der Waals surface area (Å²) in [4.78, 5) is 24.9. The van der Waals surface area contributed by atoms with E-state index in [2.05, 4.69) is 15.8 Å². The number of nitrogens with one attached hydrogen (secondary N) is 2. The first-order valence-corrected chi connectivity index (χ1v) is 14.8. The Kier molecular flexibility index (Phi) is 10.4. The fourth-order valence-corrected chi connectivity index (χ4v) is 5.82. The lowest BCUT2D eigenvalue weighted by atomic mass is 10.2. The van der Waals surface area contributed by atoms with Crippen LogP contribution < -0.4 is 19.8 Å². The van der Waals surface area contributed by atoms with Crippen LogP contribution >= 0.6 is 34.8 Å². The first-order valence-electron chi connectivity index (χ1n) is 12.2. The maximum atomic E-state index is 13.4. The summed E-state index contributed by atoms with van der Waals surface area (Å²) >= 11 is 18.2. The van der Waals surface area contributed by atoms with E-state index in [4.69, 9.17) is 39.5 Å². The van der Waals surface area contributed by atoms with E-state index in [0.717, 1.165) is 4.31 Å². The van der Waals surface area contributed by atoms with Crippen LogP contribution in [-0.4, -0.2) is 39.6 Å². The monoisotopic (exact) mass is 644 g/mol. The molecule has 0 aliphatic rings. The second-order valence-electron chi connectivity index (χ2n) is 8.63. The van der Waals surface area contributed by atoms with Crippen LogP contribution in [0.4, 0.5) is 11.4 Å². The quantitative estimate of drug-likeness (QED) is 0.153. The summed E-state index contributed by atoms with van der Waals surface area (Å²) in [6.07, 6.45) is 1.37. The fourth-order valence-electron chi connectivity index (χ4n) is 3.61. The van der Waals surface area contributed by atoms with Crippen LogP contribution in [0.25, 0.3) is 0 Å². The number of halogens is 3. The molecule has 2 amide bonds. The van der Waals surface area contributed by atoms with Gasteiger partial charge in [0.25, 0.3) is 21.8 Å². The minimum Gasteiger partial charge on any atom is -0.484 e. The molecule has 2 N–H and O–H groups in total. The van der Waals surface area contributed by atoms with Gasteiger partial charge in [0, 0.05) is 15.7 Å². The molecule has 0 atom stereocenters. The maximum absolute atomic E-state index is 13.4. The van der Waals surface area contributed by atoms with Crippen molar-refractivity contribution in [2.75, 3.05) is 22.8 Å². The maximum Gasteiger partial charge on any atom is 0.264 e. The van der Waals surface area contributed by atoms with Crippen molar-refractivity contribution in [2.24, 2.45) is 5.10 Å². The van der Waals surface area contributed by atoms with Crippen LogP contribution in [-0.2, 0) is 19.6 Å². The molecule has 0 aliphatic heterocycles. The highest BCUT2D eigenvalue weighted by Crippen LogP contribution is 2.32. The number of sulfonamides is 1. The van der Waals surface area contributed by atoms with Crippen LogP contribution in [0.3, 0.4) is 0 Å². The molecule has 0 aromatic heterocycles. The number of amides is 2. The molecule has 13 heteroatoms. The molecule has 216 valence electrons. The number of rotatable bonds is 11. The molecule has 0 saturated carbocycles.